The molecule has 2 heterocycles. The van der Waals surface area contributed by atoms with E-state index in [0.717, 1.165) is 23.4 Å². The molecule has 2 aromatic rings. The van der Waals surface area contributed by atoms with Crippen molar-refractivity contribution in [2.24, 2.45) is 7.05 Å². The molecule has 2 rings (SSSR count). The lowest BCUT2D eigenvalue weighted by Crippen LogP contribution is -2.04. The second kappa shape index (κ2) is 3.96. The van der Waals surface area contributed by atoms with Crippen molar-refractivity contribution in [3.63, 3.8) is 0 Å². The lowest BCUT2D eigenvalue weighted by molar-refractivity contribution is 0.716. The van der Waals surface area contributed by atoms with E-state index < -0.39 is 0 Å². The Morgan fingerprint density at radius 3 is 2.69 bits per heavy atom. The molecule has 2 N–H and O–H groups in total. The van der Waals surface area contributed by atoms with Crippen molar-refractivity contribution in [2.45, 2.75) is 20.3 Å². The lowest BCUT2D eigenvalue weighted by atomic mass is 10.1. The molecule has 2 aromatic heterocycles. The standard InChI is InChI=1S/C12H16N4/c1-8-4-5-14-12(13)11(8)7-10-6-9(2)15-16(10)3/h4-6H,7H2,1-3H3,(H2,13,14). The van der Waals surface area contributed by atoms with Gasteiger partial charge in [-0.2, -0.15) is 5.10 Å². The Labute approximate surface area is 95.1 Å². The van der Waals surface area contributed by atoms with Crippen molar-refractivity contribution in [3.05, 3.63) is 40.8 Å². The topological polar surface area (TPSA) is 56.7 Å². The number of hydrogen-bond acceptors (Lipinski definition) is 3. The summed E-state index contributed by atoms with van der Waals surface area (Å²) >= 11 is 0. The summed E-state index contributed by atoms with van der Waals surface area (Å²) in [7, 11) is 1.95. The zero-order valence-corrected chi connectivity index (χ0v) is 9.86. The highest BCUT2D eigenvalue weighted by Gasteiger charge is 2.08. The third-order valence-electron chi connectivity index (χ3n) is 2.78. The fraction of sp³-hybridized carbons (Fsp3) is 0.333. The number of aromatic nitrogens is 3. The smallest absolute Gasteiger partial charge is 0.127 e. The first-order valence-electron chi connectivity index (χ1n) is 5.27. The first-order chi connectivity index (χ1) is 7.58. The number of anilines is 1. The molecule has 0 aliphatic heterocycles. The predicted octanol–water partition coefficient (Wildman–Crippen LogP) is 1.60. The molecule has 0 aliphatic rings. The highest BCUT2D eigenvalue weighted by Crippen LogP contribution is 2.18. The predicted molar refractivity (Wildman–Crippen MR) is 64.1 cm³/mol. The molecule has 0 saturated carbocycles. The zero-order valence-electron chi connectivity index (χ0n) is 9.86. The average molecular weight is 216 g/mol. The number of rotatable bonds is 2. The van der Waals surface area contributed by atoms with Gasteiger partial charge in [0.2, 0.25) is 0 Å². The first kappa shape index (κ1) is 10.7. The van der Waals surface area contributed by atoms with E-state index in [2.05, 4.69) is 23.1 Å². The second-order valence-corrected chi connectivity index (χ2v) is 4.07. The van der Waals surface area contributed by atoms with Crippen LogP contribution in [-0.4, -0.2) is 14.8 Å². The van der Waals surface area contributed by atoms with E-state index in [4.69, 9.17) is 5.73 Å². The first-order valence-corrected chi connectivity index (χ1v) is 5.27. The van der Waals surface area contributed by atoms with Gasteiger partial charge in [-0.05, 0) is 31.5 Å². The lowest BCUT2D eigenvalue weighted by Gasteiger charge is -2.08. The van der Waals surface area contributed by atoms with Crippen molar-refractivity contribution in [3.8, 4) is 0 Å². The van der Waals surface area contributed by atoms with Gasteiger partial charge in [0.1, 0.15) is 5.82 Å². The van der Waals surface area contributed by atoms with Crippen molar-refractivity contribution in [1.82, 2.24) is 14.8 Å². The van der Waals surface area contributed by atoms with E-state index in [1.807, 2.05) is 24.7 Å². The Bertz CT molecular complexity index is 493. The molecule has 0 aliphatic carbocycles. The molecule has 0 fully saturated rings. The van der Waals surface area contributed by atoms with Gasteiger partial charge in [-0.25, -0.2) is 4.98 Å². The van der Waals surface area contributed by atoms with E-state index in [1.54, 1.807) is 6.20 Å². The molecule has 0 spiro atoms. The van der Waals surface area contributed by atoms with E-state index in [1.165, 1.54) is 5.56 Å². The van der Waals surface area contributed by atoms with Crippen LogP contribution in [0.3, 0.4) is 0 Å². The molecule has 0 aromatic carbocycles. The molecule has 0 saturated heterocycles. The zero-order chi connectivity index (χ0) is 11.7. The molecular formula is C12H16N4. The quantitative estimate of drug-likeness (QED) is 0.829. The molecule has 0 radical (unpaired) electrons. The minimum absolute atomic E-state index is 0.610. The van der Waals surface area contributed by atoms with Crippen molar-refractivity contribution >= 4 is 5.82 Å². The van der Waals surface area contributed by atoms with Gasteiger partial charge < -0.3 is 5.73 Å². The van der Waals surface area contributed by atoms with E-state index in [0.29, 0.717) is 5.82 Å². The molecule has 0 bridgehead atoms. The maximum absolute atomic E-state index is 5.89. The van der Waals surface area contributed by atoms with Crippen molar-refractivity contribution in [2.75, 3.05) is 5.73 Å². The van der Waals surface area contributed by atoms with Crippen LogP contribution in [0.15, 0.2) is 18.3 Å². The van der Waals surface area contributed by atoms with Crippen molar-refractivity contribution < 1.29 is 0 Å². The minimum Gasteiger partial charge on any atom is -0.383 e. The summed E-state index contributed by atoms with van der Waals surface area (Å²) in [5.74, 6) is 0.610. The molecule has 0 atom stereocenters. The summed E-state index contributed by atoms with van der Waals surface area (Å²) in [6.07, 6.45) is 2.52. The van der Waals surface area contributed by atoms with Crippen LogP contribution < -0.4 is 5.73 Å². The van der Waals surface area contributed by atoms with Gasteiger partial charge in [-0.1, -0.05) is 0 Å². The molecular weight excluding hydrogens is 200 g/mol. The Morgan fingerprint density at radius 2 is 2.12 bits per heavy atom. The summed E-state index contributed by atoms with van der Waals surface area (Å²) < 4.78 is 1.89. The molecule has 4 heteroatoms. The summed E-state index contributed by atoms with van der Waals surface area (Å²) in [6.45, 7) is 4.04. The SMILES string of the molecule is Cc1cc(Cc2c(C)ccnc2N)n(C)n1. The van der Waals surface area contributed by atoms with Crippen molar-refractivity contribution in [1.29, 1.82) is 0 Å². The van der Waals surface area contributed by atoms with Gasteiger partial charge >= 0.3 is 0 Å². The maximum Gasteiger partial charge on any atom is 0.127 e. The fourth-order valence-electron chi connectivity index (χ4n) is 1.85. The molecule has 0 amide bonds. The second-order valence-electron chi connectivity index (χ2n) is 4.07. The van der Waals surface area contributed by atoms with Gasteiger partial charge in [0.15, 0.2) is 0 Å². The molecule has 4 nitrogen and oxygen atoms in total. The summed E-state index contributed by atoms with van der Waals surface area (Å²) in [6, 6.07) is 4.06. The van der Waals surface area contributed by atoms with Crippen LogP contribution >= 0.6 is 0 Å². The van der Waals surface area contributed by atoms with Gasteiger partial charge in [0.05, 0.1) is 5.69 Å². The van der Waals surface area contributed by atoms with E-state index >= 15 is 0 Å². The van der Waals surface area contributed by atoms with Gasteiger partial charge in [0, 0.05) is 30.9 Å². The Morgan fingerprint density at radius 1 is 1.38 bits per heavy atom. The number of pyridine rings is 1. The third kappa shape index (κ3) is 1.91. The van der Waals surface area contributed by atoms with Crippen LogP contribution in [0.1, 0.15) is 22.5 Å². The fourth-order valence-corrected chi connectivity index (χ4v) is 1.85. The number of nitrogen functional groups attached to an aromatic ring is 1. The minimum atomic E-state index is 0.610. The Hall–Kier alpha value is -1.84. The van der Waals surface area contributed by atoms with Gasteiger partial charge in [0.25, 0.3) is 0 Å². The van der Waals surface area contributed by atoms with Gasteiger partial charge in [-0.3, -0.25) is 4.68 Å². The van der Waals surface area contributed by atoms with E-state index in [-0.39, 0.29) is 0 Å². The number of nitrogens with two attached hydrogens (primary N) is 1. The van der Waals surface area contributed by atoms with Crippen LogP contribution in [0, 0.1) is 13.8 Å². The summed E-state index contributed by atoms with van der Waals surface area (Å²) in [4.78, 5) is 4.12. The van der Waals surface area contributed by atoms with Gasteiger partial charge in [-0.15, -0.1) is 0 Å². The molecule has 84 valence electrons. The van der Waals surface area contributed by atoms with Crippen LogP contribution in [0.2, 0.25) is 0 Å². The highest BCUT2D eigenvalue weighted by molar-refractivity contribution is 5.45. The summed E-state index contributed by atoms with van der Waals surface area (Å²) in [5, 5.41) is 4.32. The van der Waals surface area contributed by atoms with Crippen LogP contribution in [0.4, 0.5) is 5.82 Å². The maximum atomic E-state index is 5.89. The Kier molecular flexibility index (Phi) is 2.64. The summed E-state index contributed by atoms with van der Waals surface area (Å²) in [5.41, 5.74) is 10.3. The Balaban J connectivity index is 2.37. The molecule has 0 unspecified atom stereocenters. The monoisotopic (exact) mass is 216 g/mol. The van der Waals surface area contributed by atoms with Crippen LogP contribution in [0.25, 0.3) is 0 Å². The van der Waals surface area contributed by atoms with Crippen LogP contribution in [0.5, 0.6) is 0 Å². The normalized spacial score (nSPS) is 10.7. The highest BCUT2D eigenvalue weighted by atomic mass is 15.3. The largest absolute Gasteiger partial charge is 0.383 e. The number of nitrogens with zero attached hydrogens (tertiary/aromatic N) is 3. The van der Waals surface area contributed by atoms with Crippen LogP contribution in [-0.2, 0) is 13.5 Å². The van der Waals surface area contributed by atoms with E-state index in [9.17, 15) is 0 Å². The third-order valence-corrected chi connectivity index (χ3v) is 2.78. The number of hydrogen-bond donors (Lipinski definition) is 1. The average Bonchev–Trinajstić information content (AvgIpc) is 2.51. The number of aryl methyl sites for hydroxylation is 3. The molecule has 16 heavy (non-hydrogen) atoms.